The number of carbonyl (C=O) groups is 1. The van der Waals surface area contributed by atoms with Crippen LogP contribution in [0.4, 0.5) is 18.9 Å². The van der Waals surface area contributed by atoms with E-state index < -0.39 is 11.7 Å². The van der Waals surface area contributed by atoms with Crippen molar-refractivity contribution in [2.45, 2.75) is 19.3 Å². The van der Waals surface area contributed by atoms with Gasteiger partial charge in [-0.2, -0.15) is 13.2 Å². The molecule has 3 rings (SSSR count). The topological polar surface area (TPSA) is 63.2 Å². The molecule has 0 atom stereocenters. The summed E-state index contributed by atoms with van der Waals surface area (Å²) in [6.45, 7) is 0.574. The van der Waals surface area contributed by atoms with Crippen LogP contribution in [-0.2, 0) is 24.1 Å². The highest BCUT2D eigenvalue weighted by Crippen LogP contribution is 2.30. The van der Waals surface area contributed by atoms with E-state index in [9.17, 15) is 18.0 Å². The third-order valence-electron chi connectivity index (χ3n) is 4.18. The molecule has 1 heterocycles. The Hall–Kier alpha value is -3.55. The van der Waals surface area contributed by atoms with Crippen molar-refractivity contribution in [3.8, 4) is 5.75 Å². The number of hydrogen-bond acceptors (Lipinski definition) is 4. The Kier molecular flexibility index (Phi) is 6.90. The largest absolute Gasteiger partial charge is 0.489 e. The first-order valence-corrected chi connectivity index (χ1v) is 9.18. The Balaban J connectivity index is 1.42. The molecule has 1 amide bonds. The molecular formula is C22H20F3N3O2. The second-order valence-corrected chi connectivity index (χ2v) is 6.50. The van der Waals surface area contributed by atoms with E-state index in [0.29, 0.717) is 18.9 Å². The summed E-state index contributed by atoms with van der Waals surface area (Å²) in [7, 11) is 0. The Morgan fingerprint density at radius 3 is 2.50 bits per heavy atom. The third-order valence-corrected chi connectivity index (χ3v) is 4.18. The summed E-state index contributed by atoms with van der Waals surface area (Å²) in [5.41, 5.74) is 1.30. The molecule has 0 radical (unpaired) electrons. The SMILES string of the molecule is O=C(CNc1cccc(C(F)(F)F)c1)NCc1ccc(OCc2cccnc2)cc1. The zero-order chi connectivity index (χ0) is 21.4. The van der Waals surface area contributed by atoms with Crippen LogP contribution in [-0.4, -0.2) is 17.4 Å². The van der Waals surface area contributed by atoms with Crippen molar-refractivity contribution in [2.75, 3.05) is 11.9 Å². The number of anilines is 1. The van der Waals surface area contributed by atoms with Crippen LogP contribution >= 0.6 is 0 Å². The quantitative estimate of drug-likeness (QED) is 0.572. The van der Waals surface area contributed by atoms with Crippen molar-refractivity contribution in [2.24, 2.45) is 0 Å². The number of amides is 1. The van der Waals surface area contributed by atoms with Gasteiger partial charge >= 0.3 is 6.18 Å². The minimum absolute atomic E-state index is 0.131. The average Bonchev–Trinajstić information content (AvgIpc) is 2.76. The van der Waals surface area contributed by atoms with Gasteiger partial charge in [0.25, 0.3) is 0 Å². The van der Waals surface area contributed by atoms with Gasteiger partial charge in [0.2, 0.25) is 5.91 Å². The minimum Gasteiger partial charge on any atom is -0.489 e. The lowest BCUT2D eigenvalue weighted by Crippen LogP contribution is -2.29. The molecule has 0 aliphatic rings. The molecule has 0 bridgehead atoms. The lowest BCUT2D eigenvalue weighted by Gasteiger charge is -2.11. The number of benzene rings is 2. The van der Waals surface area contributed by atoms with Crippen LogP contribution in [0.15, 0.2) is 73.1 Å². The number of aromatic nitrogens is 1. The van der Waals surface area contributed by atoms with Crippen LogP contribution in [0, 0.1) is 0 Å². The van der Waals surface area contributed by atoms with Crippen LogP contribution in [0.3, 0.4) is 0 Å². The molecule has 3 aromatic rings. The molecule has 0 fully saturated rings. The van der Waals surface area contributed by atoms with Crippen molar-refractivity contribution in [1.29, 1.82) is 0 Å². The molecule has 30 heavy (non-hydrogen) atoms. The highest BCUT2D eigenvalue weighted by Gasteiger charge is 2.30. The summed E-state index contributed by atoms with van der Waals surface area (Å²) in [6, 6.07) is 15.8. The molecule has 1 aromatic heterocycles. The van der Waals surface area contributed by atoms with E-state index in [-0.39, 0.29) is 18.1 Å². The number of carbonyl (C=O) groups excluding carboxylic acids is 1. The minimum atomic E-state index is -4.42. The van der Waals surface area contributed by atoms with Gasteiger partial charge in [-0.05, 0) is 42.0 Å². The molecule has 0 saturated heterocycles. The van der Waals surface area contributed by atoms with Gasteiger partial charge < -0.3 is 15.4 Å². The molecule has 2 N–H and O–H groups in total. The van der Waals surface area contributed by atoms with Gasteiger partial charge in [-0.15, -0.1) is 0 Å². The number of pyridine rings is 1. The van der Waals surface area contributed by atoms with Crippen molar-refractivity contribution < 1.29 is 22.7 Å². The van der Waals surface area contributed by atoms with Gasteiger partial charge in [0.1, 0.15) is 12.4 Å². The molecule has 156 valence electrons. The van der Waals surface area contributed by atoms with Crippen LogP contribution in [0.1, 0.15) is 16.7 Å². The average molecular weight is 415 g/mol. The molecule has 2 aromatic carbocycles. The highest BCUT2D eigenvalue weighted by molar-refractivity contribution is 5.80. The summed E-state index contributed by atoms with van der Waals surface area (Å²) in [5, 5.41) is 5.42. The van der Waals surface area contributed by atoms with Gasteiger partial charge in [-0.1, -0.05) is 24.3 Å². The smallest absolute Gasteiger partial charge is 0.416 e. The van der Waals surface area contributed by atoms with Crippen molar-refractivity contribution in [3.05, 3.63) is 89.7 Å². The number of hydrogen-bond donors (Lipinski definition) is 2. The lowest BCUT2D eigenvalue weighted by atomic mass is 10.2. The molecule has 0 spiro atoms. The Morgan fingerprint density at radius 2 is 1.80 bits per heavy atom. The maximum absolute atomic E-state index is 12.7. The normalized spacial score (nSPS) is 11.0. The first-order chi connectivity index (χ1) is 14.4. The van der Waals surface area contributed by atoms with E-state index in [0.717, 1.165) is 23.3 Å². The third kappa shape index (κ3) is 6.51. The van der Waals surface area contributed by atoms with Crippen LogP contribution < -0.4 is 15.4 Å². The Labute approximate surface area is 171 Å². The number of rotatable bonds is 8. The summed E-state index contributed by atoms with van der Waals surface area (Å²) in [5.74, 6) is 0.365. The summed E-state index contributed by atoms with van der Waals surface area (Å²) in [4.78, 5) is 16.0. The number of ether oxygens (including phenoxy) is 1. The lowest BCUT2D eigenvalue weighted by molar-refractivity contribution is -0.137. The van der Waals surface area contributed by atoms with E-state index in [1.54, 1.807) is 24.5 Å². The van der Waals surface area contributed by atoms with Gasteiger partial charge in [-0.3, -0.25) is 9.78 Å². The first kappa shape index (κ1) is 21.2. The molecular weight excluding hydrogens is 395 g/mol. The maximum atomic E-state index is 12.7. The molecule has 5 nitrogen and oxygen atoms in total. The fraction of sp³-hybridized carbons (Fsp3) is 0.182. The second kappa shape index (κ2) is 9.78. The number of alkyl halides is 3. The summed E-state index contributed by atoms with van der Waals surface area (Å²) in [6.07, 6.45) is -0.993. The van der Waals surface area contributed by atoms with Gasteiger partial charge in [0.15, 0.2) is 0 Å². The standard InChI is InChI=1S/C22H20F3N3O2/c23-22(24,25)18-4-1-5-19(11-18)27-14-21(29)28-13-16-6-8-20(9-7-16)30-15-17-3-2-10-26-12-17/h1-12,27H,13-15H2,(H,28,29). The summed E-state index contributed by atoms with van der Waals surface area (Å²) >= 11 is 0. The maximum Gasteiger partial charge on any atom is 0.416 e. The van der Waals surface area contributed by atoms with Gasteiger partial charge in [0.05, 0.1) is 12.1 Å². The van der Waals surface area contributed by atoms with E-state index in [1.165, 1.54) is 12.1 Å². The van der Waals surface area contributed by atoms with E-state index in [1.807, 2.05) is 24.3 Å². The van der Waals surface area contributed by atoms with Crippen LogP contribution in [0.25, 0.3) is 0 Å². The van der Waals surface area contributed by atoms with Gasteiger partial charge in [0, 0.05) is 30.2 Å². The monoisotopic (exact) mass is 415 g/mol. The van der Waals surface area contributed by atoms with E-state index in [4.69, 9.17) is 4.74 Å². The fourth-order valence-corrected chi connectivity index (χ4v) is 2.60. The van der Waals surface area contributed by atoms with E-state index >= 15 is 0 Å². The number of nitrogens with zero attached hydrogens (tertiary/aromatic N) is 1. The predicted octanol–water partition coefficient (Wildman–Crippen LogP) is 4.41. The van der Waals surface area contributed by atoms with Crippen molar-refractivity contribution in [3.63, 3.8) is 0 Å². The molecule has 0 aliphatic heterocycles. The second-order valence-electron chi connectivity index (χ2n) is 6.50. The zero-order valence-corrected chi connectivity index (χ0v) is 15.9. The molecule has 8 heteroatoms. The Morgan fingerprint density at radius 1 is 1.00 bits per heavy atom. The van der Waals surface area contributed by atoms with Crippen molar-refractivity contribution >= 4 is 11.6 Å². The van der Waals surface area contributed by atoms with Crippen LogP contribution in [0.2, 0.25) is 0 Å². The zero-order valence-electron chi connectivity index (χ0n) is 15.9. The molecule has 0 saturated carbocycles. The molecule has 0 unspecified atom stereocenters. The highest BCUT2D eigenvalue weighted by atomic mass is 19.4. The summed E-state index contributed by atoms with van der Waals surface area (Å²) < 4.78 is 43.8. The fourth-order valence-electron chi connectivity index (χ4n) is 2.60. The predicted molar refractivity (Wildman–Crippen MR) is 107 cm³/mol. The van der Waals surface area contributed by atoms with Crippen molar-refractivity contribution in [1.82, 2.24) is 10.3 Å². The Bertz CT molecular complexity index is 961. The number of halogens is 3. The van der Waals surface area contributed by atoms with Gasteiger partial charge in [-0.25, -0.2) is 0 Å². The molecule has 0 aliphatic carbocycles. The number of nitrogens with one attached hydrogen (secondary N) is 2. The van der Waals surface area contributed by atoms with Crippen LogP contribution in [0.5, 0.6) is 5.75 Å². The van der Waals surface area contributed by atoms with E-state index in [2.05, 4.69) is 15.6 Å². The first-order valence-electron chi connectivity index (χ1n) is 9.18.